The van der Waals surface area contributed by atoms with E-state index >= 15 is 0 Å². The molecular weight excluding hydrogens is 682 g/mol. The topological polar surface area (TPSA) is 116 Å². The maximum atomic E-state index is 14.6. The maximum Gasteiger partial charge on any atom is 0.230 e. The van der Waals surface area contributed by atoms with E-state index in [-0.39, 0.29) is 54.6 Å². The van der Waals surface area contributed by atoms with Crippen LogP contribution in [0.25, 0.3) is 0 Å². The molecular formula is C41H50FN3O6S. The van der Waals surface area contributed by atoms with E-state index in [4.69, 9.17) is 19.0 Å². The summed E-state index contributed by atoms with van der Waals surface area (Å²) in [6.07, 6.45) is 15.6. The fourth-order valence-electron chi connectivity index (χ4n) is 8.22. The summed E-state index contributed by atoms with van der Waals surface area (Å²) in [5, 5.41) is 24.0. The standard InChI is InChI=1S/C41H50FN3O6S/c1-3-21-50-41-38(52-22-16-30-26-43-17-18-44-30)25-36(45-48-2)33-23-28(10-6-8-19-46)32(12-7-9-20-47)39(40(33)41)34-24-31(14-15-37(34)51-41)49-27-29-11-4-5-13-35(29)42/h3-5,11,13-15,17-18,23-24,26,28,32,38-40,46-47H,1,6-10,12,16,19-22,25,27H2,2H3. The van der Waals surface area contributed by atoms with Gasteiger partial charge in [0.15, 0.2) is 0 Å². The molecule has 0 bridgehead atoms. The van der Waals surface area contributed by atoms with Gasteiger partial charge in [0.25, 0.3) is 0 Å². The summed E-state index contributed by atoms with van der Waals surface area (Å²) in [6, 6.07) is 12.6. The van der Waals surface area contributed by atoms with E-state index in [1.807, 2.05) is 12.1 Å². The lowest BCUT2D eigenvalue weighted by atomic mass is 9.56. The first-order chi connectivity index (χ1) is 25.5. The molecule has 6 rings (SSSR count). The van der Waals surface area contributed by atoms with Gasteiger partial charge in [0, 0.05) is 61.7 Å². The van der Waals surface area contributed by atoms with Crippen molar-refractivity contribution in [1.29, 1.82) is 0 Å². The lowest BCUT2D eigenvalue weighted by Crippen LogP contribution is -2.64. The van der Waals surface area contributed by atoms with Gasteiger partial charge in [0.2, 0.25) is 5.79 Å². The number of aromatic nitrogens is 2. The molecule has 1 saturated carbocycles. The number of nitrogens with zero attached hydrogens (tertiary/aromatic N) is 3. The number of ether oxygens (including phenoxy) is 3. The second-order valence-electron chi connectivity index (χ2n) is 13.6. The number of rotatable bonds is 19. The van der Waals surface area contributed by atoms with Gasteiger partial charge in [0.05, 0.1) is 29.2 Å². The Morgan fingerprint density at radius 3 is 2.67 bits per heavy atom. The van der Waals surface area contributed by atoms with Crippen LogP contribution >= 0.6 is 11.8 Å². The Hall–Kier alpha value is -3.77. The normalized spacial score (nSPS) is 25.4. The number of thioether (sulfide) groups is 1. The molecule has 0 saturated heterocycles. The number of benzene rings is 2. The van der Waals surface area contributed by atoms with Crippen molar-refractivity contribution in [3.8, 4) is 11.5 Å². The zero-order chi connectivity index (χ0) is 36.3. The Bertz CT molecular complexity index is 1690. The molecule has 6 unspecified atom stereocenters. The quantitative estimate of drug-likeness (QED) is 0.0738. The van der Waals surface area contributed by atoms with Gasteiger partial charge in [-0.1, -0.05) is 48.3 Å². The van der Waals surface area contributed by atoms with Crippen molar-refractivity contribution in [1.82, 2.24) is 9.97 Å². The minimum Gasteiger partial charge on any atom is -0.489 e. The van der Waals surface area contributed by atoms with Crippen LogP contribution in [0.4, 0.5) is 4.39 Å². The molecule has 278 valence electrons. The van der Waals surface area contributed by atoms with Crippen molar-refractivity contribution in [2.24, 2.45) is 22.9 Å². The van der Waals surface area contributed by atoms with E-state index in [2.05, 4.69) is 33.8 Å². The predicted octanol–water partition coefficient (Wildman–Crippen LogP) is 7.43. The first-order valence-electron chi connectivity index (χ1n) is 18.4. The van der Waals surface area contributed by atoms with E-state index in [9.17, 15) is 14.6 Å². The molecule has 2 aliphatic carbocycles. The largest absolute Gasteiger partial charge is 0.489 e. The highest BCUT2D eigenvalue weighted by Crippen LogP contribution is 2.62. The van der Waals surface area contributed by atoms with Crippen LogP contribution in [0.5, 0.6) is 11.5 Å². The molecule has 11 heteroatoms. The fourth-order valence-corrected chi connectivity index (χ4v) is 9.60. The van der Waals surface area contributed by atoms with Crippen molar-refractivity contribution in [3.63, 3.8) is 0 Å². The average molecular weight is 732 g/mol. The Morgan fingerprint density at radius 1 is 1.10 bits per heavy atom. The summed E-state index contributed by atoms with van der Waals surface area (Å²) in [4.78, 5) is 14.3. The van der Waals surface area contributed by atoms with E-state index in [1.165, 1.54) is 6.07 Å². The molecule has 9 nitrogen and oxygen atoms in total. The monoisotopic (exact) mass is 731 g/mol. The molecule has 1 aliphatic heterocycles. The number of halogens is 1. The summed E-state index contributed by atoms with van der Waals surface area (Å²) in [6.45, 7) is 4.67. The molecule has 3 aliphatic rings. The highest BCUT2D eigenvalue weighted by Gasteiger charge is 2.63. The smallest absolute Gasteiger partial charge is 0.230 e. The zero-order valence-corrected chi connectivity index (χ0v) is 30.7. The van der Waals surface area contributed by atoms with Crippen LogP contribution in [0.3, 0.4) is 0 Å². The third-order valence-corrected chi connectivity index (χ3v) is 11.8. The molecule has 1 aromatic heterocycles. The van der Waals surface area contributed by atoms with Gasteiger partial charge in [-0.3, -0.25) is 9.97 Å². The third-order valence-electron chi connectivity index (χ3n) is 10.5. The Morgan fingerprint density at radius 2 is 1.92 bits per heavy atom. The second kappa shape index (κ2) is 18.3. The summed E-state index contributed by atoms with van der Waals surface area (Å²) in [5.74, 6) is 0.805. The summed E-state index contributed by atoms with van der Waals surface area (Å²) in [5.41, 5.74) is 4.37. The lowest BCUT2D eigenvalue weighted by Gasteiger charge is -2.58. The number of aliphatic hydroxyl groups is 2. The number of aryl methyl sites for hydroxylation is 1. The molecule has 2 N–H and O–H groups in total. The van der Waals surface area contributed by atoms with Gasteiger partial charge >= 0.3 is 0 Å². The minimum absolute atomic E-state index is 0.0613. The van der Waals surface area contributed by atoms with Gasteiger partial charge < -0.3 is 29.3 Å². The molecule has 6 atom stereocenters. The number of allylic oxidation sites excluding steroid dienone is 1. The van der Waals surface area contributed by atoms with Crippen LogP contribution in [0.15, 0.2) is 90.5 Å². The first-order valence-corrected chi connectivity index (χ1v) is 19.4. The van der Waals surface area contributed by atoms with Gasteiger partial charge in [-0.25, -0.2) is 4.39 Å². The SMILES string of the molecule is C=CCOC12Oc3ccc(OCc4ccccc4F)cc3C3C(CCCCO)C(CCCCO)C=C(C(=NOC)CC1SCCc1cnccn1)C32. The van der Waals surface area contributed by atoms with Crippen LogP contribution in [-0.4, -0.2) is 69.6 Å². The lowest BCUT2D eigenvalue weighted by molar-refractivity contribution is -0.223. The zero-order valence-electron chi connectivity index (χ0n) is 29.9. The first kappa shape index (κ1) is 38.0. The van der Waals surface area contributed by atoms with E-state index in [0.717, 1.165) is 72.6 Å². The maximum absolute atomic E-state index is 14.6. The van der Waals surface area contributed by atoms with Crippen LogP contribution in [0.1, 0.15) is 67.7 Å². The Labute approximate surface area is 310 Å². The van der Waals surface area contributed by atoms with Crippen molar-refractivity contribution >= 4 is 17.5 Å². The molecule has 2 heterocycles. The number of oxime groups is 1. The number of hydrogen-bond donors (Lipinski definition) is 2. The summed E-state index contributed by atoms with van der Waals surface area (Å²) < 4.78 is 35.0. The van der Waals surface area contributed by atoms with Crippen LogP contribution in [0, 0.1) is 23.6 Å². The van der Waals surface area contributed by atoms with Gasteiger partial charge in [-0.15, -0.1) is 6.58 Å². The third kappa shape index (κ3) is 8.38. The Balaban J connectivity index is 1.46. The predicted molar refractivity (Wildman–Crippen MR) is 201 cm³/mol. The van der Waals surface area contributed by atoms with E-state index in [1.54, 1.807) is 61.7 Å². The summed E-state index contributed by atoms with van der Waals surface area (Å²) >= 11 is 1.78. The van der Waals surface area contributed by atoms with Crippen LogP contribution in [-0.2, 0) is 22.6 Å². The van der Waals surface area contributed by atoms with E-state index < -0.39 is 5.79 Å². The van der Waals surface area contributed by atoms with Crippen molar-refractivity contribution in [2.45, 2.75) is 74.9 Å². The average Bonchev–Trinajstić information content (AvgIpc) is 3.16. The fraction of sp³-hybridized carbons (Fsp3) is 0.488. The van der Waals surface area contributed by atoms with Gasteiger partial charge in [-0.2, -0.15) is 11.8 Å². The number of aliphatic hydroxyl groups excluding tert-OH is 2. The highest BCUT2D eigenvalue weighted by molar-refractivity contribution is 8.00. The van der Waals surface area contributed by atoms with Gasteiger partial charge in [-0.05, 0) is 73.1 Å². The molecule has 0 amide bonds. The van der Waals surface area contributed by atoms with Crippen molar-refractivity contribution in [2.75, 3.05) is 32.7 Å². The molecule has 3 aromatic rings. The molecule has 0 radical (unpaired) electrons. The number of unbranched alkanes of at least 4 members (excludes halogenated alkanes) is 2. The van der Waals surface area contributed by atoms with E-state index in [0.29, 0.717) is 30.8 Å². The molecule has 0 spiro atoms. The van der Waals surface area contributed by atoms with Crippen LogP contribution in [0.2, 0.25) is 0 Å². The minimum atomic E-state index is -1.06. The van der Waals surface area contributed by atoms with Gasteiger partial charge in [0.1, 0.15) is 31.0 Å². The van der Waals surface area contributed by atoms with Crippen molar-refractivity contribution in [3.05, 3.63) is 108 Å². The summed E-state index contributed by atoms with van der Waals surface area (Å²) in [7, 11) is 1.59. The Kier molecular flexibility index (Phi) is 13.4. The highest BCUT2D eigenvalue weighted by atomic mass is 32.2. The second-order valence-corrected chi connectivity index (χ2v) is 14.9. The van der Waals surface area contributed by atoms with Crippen LogP contribution < -0.4 is 9.47 Å². The number of hydrogen-bond acceptors (Lipinski definition) is 10. The van der Waals surface area contributed by atoms with Crippen molar-refractivity contribution < 1.29 is 33.7 Å². The molecule has 1 fully saturated rings. The number of fused-ring (bicyclic) bond motifs is 2. The molecule has 2 aromatic carbocycles. The molecule has 52 heavy (non-hydrogen) atoms.